The van der Waals surface area contributed by atoms with Crippen LogP contribution in [0, 0.1) is 5.92 Å². The number of aromatic nitrogens is 1. The van der Waals surface area contributed by atoms with Gasteiger partial charge in [-0.2, -0.15) is 0 Å². The Morgan fingerprint density at radius 2 is 2.56 bits per heavy atom. The van der Waals surface area contributed by atoms with E-state index in [1.807, 2.05) is 5.51 Å². The molecular formula is C12H21N3S. The van der Waals surface area contributed by atoms with Gasteiger partial charge in [-0.25, -0.2) is 4.98 Å². The van der Waals surface area contributed by atoms with Crippen LogP contribution in [0.4, 0.5) is 0 Å². The monoisotopic (exact) mass is 239 g/mol. The molecule has 16 heavy (non-hydrogen) atoms. The number of piperidine rings is 1. The van der Waals surface area contributed by atoms with Gasteiger partial charge in [0.1, 0.15) is 0 Å². The molecule has 1 saturated heterocycles. The molecule has 2 unspecified atom stereocenters. The van der Waals surface area contributed by atoms with Crippen LogP contribution in [0.1, 0.15) is 37.9 Å². The highest BCUT2D eigenvalue weighted by atomic mass is 32.1. The summed E-state index contributed by atoms with van der Waals surface area (Å²) in [5, 5.41) is 2.16. The summed E-state index contributed by atoms with van der Waals surface area (Å²) in [4.78, 5) is 6.97. The third kappa shape index (κ3) is 2.81. The van der Waals surface area contributed by atoms with E-state index in [0.717, 1.165) is 12.5 Å². The van der Waals surface area contributed by atoms with Gasteiger partial charge in [-0.3, -0.25) is 4.90 Å². The molecular weight excluding hydrogens is 218 g/mol. The second-order valence-electron chi connectivity index (χ2n) is 4.67. The highest BCUT2D eigenvalue weighted by Gasteiger charge is 2.24. The summed E-state index contributed by atoms with van der Waals surface area (Å²) in [5.41, 5.74) is 8.79. The maximum absolute atomic E-state index is 5.65. The van der Waals surface area contributed by atoms with Gasteiger partial charge >= 0.3 is 0 Å². The lowest BCUT2D eigenvalue weighted by molar-refractivity contribution is 0.126. The Hall–Kier alpha value is -0.450. The van der Waals surface area contributed by atoms with Gasteiger partial charge in [0.05, 0.1) is 17.2 Å². The SMILES string of the molecule is CC(c1cscn1)N1CCCC(CCN)C1. The second-order valence-corrected chi connectivity index (χ2v) is 5.39. The van der Waals surface area contributed by atoms with Crippen molar-refractivity contribution in [3.05, 3.63) is 16.6 Å². The van der Waals surface area contributed by atoms with Crippen molar-refractivity contribution < 1.29 is 0 Å². The number of nitrogens with zero attached hydrogens (tertiary/aromatic N) is 2. The zero-order valence-corrected chi connectivity index (χ0v) is 10.7. The van der Waals surface area contributed by atoms with Crippen molar-refractivity contribution in [3.63, 3.8) is 0 Å². The number of hydrogen-bond donors (Lipinski definition) is 1. The molecule has 1 aromatic heterocycles. The number of nitrogens with two attached hydrogens (primary N) is 1. The third-order valence-corrected chi connectivity index (χ3v) is 4.16. The van der Waals surface area contributed by atoms with Gasteiger partial charge in [-0.1, -0.05) is 0 Å². The number of thiazole rings is 1. The Labute approximate surface area is 102 Å². The fourth-order valence-corrected chi connectivity index (χ4v) is 3.18. The van der Waals surface area contributed by atoms with Crippen LogP contribution in [0.25, 0.3) is 0 Å². The summed E-state index contributed by atoms with van der Waals surface area (Å²) in [5.74, 6) is 0.792. The van der Waals surface area contributed by atoms with Gasteiger partial charge in [0.15, 0.2) is 0 Å². The Balaban J connectivity index is 1.93. The normalized spacial score (nSPS) is 24.5. The summed E-state index contributed by atoms with van der Waals surface area (Å²) in [6, 6.07) is 0.465. The lowest BCUT2D eigenvalue weighted by Gasteiger charge is -2.36. The summed E-state index contributed by atoms with van der Waals surface area (Å²) >= 11 is 1.69. The van der Waals surface area contributed by atoms with Crippen LogP contribution >= 0.6 is 11.3 Å². The first-order valence-electron chi connectivity index (χ1n) is 6.13. The van der Waals surface area contributed by atoms with E-state index in [-0.39, 0.29) is 0 Å². The summed E-state index contributed by atoms with van der Waals surface area (Å²) in [7, 11) is 0. The standard InChI is InChI=1S/C12H21N3S/c1-10(12-8-16-9-14-12)15-6-2-3-11(7-15)4-5-13/h8-11H,2-7,13H2,1H3. The number of likely N-dealkylation sites (tertiary alicyclic amines) is 1. The van der Waals surface area contributed by atoms with Crippen molar-refractivity contribution in [1.82, 2.24) is 9.88 Å². The highest BCUT2D eigenvalue weighted by molar-refractivity contribution is 7.07. The van der Waals surface area contributed by atoms with Crippen LogP contribution in [0.2, 0.25) is 0 Å². The third-order valence-electron chi connectivity index (χ3n) is 3.55. The van der Waals surface area contributed by atoms with Gasteiger partial charge in [-0.15, -0.1) is 11.3 Å². The van der Waals surface area contributed by atoms with Crippen LogP contribution < -0.4 is 5.73 Å². The molecule has 0 aromatic carbocycles. The van der Waals surface area contributed by atoms with E-state index < -0.39 is 0 Å². The van der Waals surface area contributed by atoms with E-state index in [4.69, 9.17) is 5.73 Å². The maximum Gasteiger partial charge on any atom is 0.0795 e. The minimum absolute atomic E-state index is 0.465. The second kappa shape index (κ2) is 5.75. The van der Waals surface area contributed by atoms with E-state index in [2.05, 4.69) is 22.2 Å². The van der Waals surface area contributed by atoms with Gasteiger partial charge in [-0.05, 0) is 45.2 Å². The van der Waals surface area contributed by atoms with Gasteiger partial charge in [0.25, 0.3) is 0 Å². The van der Waals surface area contributed by atoms with Crippen molar-refractivity contribution in [2.75, 3.05) is 19.6 Å². The molecule has 0 radical (unpaired) electrons. The summed E-state index contributed by atoms with van der Waals surface area (Å²) in [6.07, 6.45) is 3.82. The number of rotatable bonds is 4. The minimum Gasteiger partial charge on any atom is -0.330 e. The lowest BCUT2D eigenvalue weighted by atomic mass is 9.93. The Bertz CT molecular complexity index is 297. The molecule has 1 aromatic rings. The van der Waals surface area contributed by atoms with Crippen molar-refractivity contribution in [2.45, 2.75) is 32.2 Å². The average Bonchev–Trinajstić information content (AvgIpc) is 2.82. The molecule has 0 bridgehead atoms. The molecule has 4 heteroatoms. The van der Waals surface area contributed by atoms with Crippen molar-refractivity contribution in [1.29, 1.82) is 0 Å². The molecule has 0 spiro atoms. The van der Waals surface area contributed by atoms with E-state index >= 15 is 0 Å². The van der Waals surface area contributed by atoms with Crippen LogP contribution in [0.5, 0.6) is 0 Å². The topological polar surface area (TPSA) is 42.2 Å². The first kappa shape index (κ1) is 12.0. The van der Waals surface area contributed by atoms with Crippen LogP contribution in [-0.4, -0.2) is 29.5 Å². The molecule has 2 rings (SSSR count). The van der Waals surface area contributed by atoms with Crippen LogP contribution in [0.15, 0.2) is 10.9 Å². The first-order chi connectivity index (χ1) is 7.81. The molecule has 2 N–H and O–H groups in total. The Morgan fingerprint density at radius 1 is 1.69 bits per heavy atom. The molecule has 3 nitrogen and oxygen atoms in total. The fourth-order valence-electron chi connectivity index (χ4n) is 2.54. The number of hydrogen-bond acceptors (Lipinski definition) is 4. The van der Waals surface area contributed by atoms with E-state index in [9.17, 15) is 0 Å². The van der Waals surface area contributed by atoms with Crippen molar-refractivity contribution in [2.24, 2.45) is 11.7 Å². The van der Waals surface area contributed by atoms with Crippen LogP contribution in [0.3, 0.4) is 0 Å². The fraction of sp³-hybridized carbons (Fsp3) is 0.750. The maximum atomic E-state index is 5.65. The molecule has 0 saturated carbocycles. The largest absolute Gasteiger partial charge is 0.330 e. The zero-order chi connectivity index (χ0) is 11.4. The molecule has 1 aliphatic rings. The van der Waals surface area contributed by atoms with Gasteiger partial charge in [0, 0.05) is 11.9 Å². The van der Waals surface area contributed by atoms with Gasteiger partial charge in [0.2, 0.25) is 0 Å². The molecule has 1 fully saturated rings. The molecule has 90 valence electrons. The predicted octanol–water partition coefficient (Wildman–Crippen LogP) is 2.26. The average molecular weight is 239 g/mol. The smallest absolute Gasteiger partial charge is 0.0795 e. The summed E-state index contributed by atoms with van der Waals surface area (Å²) in [6.45, 7) is 5.49. The van der Waals surface area contributed by atoms with Crippen molar-refractivity contribution in [3.8, 4) is 0 Å². The lowest BCUT2D eigenvalue weighted by Crippen LogP contribution is -2.38. The highest BCUT2D eigenvalue weighted by Crippen LogP contribution is 2.27. The molecule has 1 aliphatic heterocycles. The molecule has 2 heterocycles. The zero-order valence-electron chi connectivity index (χ0n) is 9.93. The van der Waals surface area contributed by atoms with E-state index in [1.165, 1.54) is 38.0 Å². The van der Waals surface area contributed by atoms with Crippen molar-refractivity contribution >= 4 is 11.3 Å². The van der Waals surface area contributed by atoms with E-state index in [0.29, 0.717) is 6.04 Å². The molecule has 0 aliphatic carbocycles. The van der Waals surface area contributed by atoms with Crippen LogP contribution in [-0.2, 0) is 0 Å². The quantitative estimate of drug-likeness (QED) is 0.876. The summed E-state index contributed by atoms with van der Waals surface area (Å²) < 4.78 is 0. The molecule has 0 amide bonds. The Kier molecular flexibility index (Phi) is 4.32. The van der Waals surface area contributed by atoms with Gasteiger partial charge < -0.3 is 5.73 Å². The first-order valence-corrected chi connectivity index (χ1v) is 7.07. The molecule has 2 atom stereocenters. The predicted molar refractivity (Wildman–Crippen MR) is 68.5 cm³/mol. The van der Waals surface area contributed by atoms with E-state index in [1.54, 1.807) is 11.3 Å². The minimum atomic E-state index is 0.465. The Morgan fingerprint density at radius 3 is 3.25 bits per heavy atom.